The van der Waals surface area contributed by atoms with E-state index >= 15 is 0 Å². The fourth-order valence-corrected chi connectivity index (χ4v) is 1.09. The minimum Gasteiger partial charge on any atom is -0.504 e. The molecule has 0 aliphatic rings. The number of benzene rings is 1. The van der Waals surface area contributed by atoms with E-state index in [0.29, 0.717) is 12.2 Å². The summed E-state index contributed by atoms with van der Waals surface area (Å²) in [6.45, 7) is 2.01. The first-order chi connectivity index (χ1) is 6.65. The van der Waals surface area contributed by atoms with Gasteiger partial charge in [-0.25, -0.2) is 0 Å². The van der Waals surface area contributed by atoms with Crippen molar-refractivity contribution < 1.29 is 19.7 Å². The number of rotatable bonds is 3. The highest BCUT2D eigenvalue weighted by molar-refractivity contribution is 5.74. The molecule has 0 bridgehead atoms. The Morgan fingerprint density at radius 2 is 2.14 bits per heavy atom. The maximum absolute atomic E-state index is 11.1. The summed E-state index contributed by atoms with van der Waals surface area (Å²) in [5.41, 5.74) is 0.364. The number of phenolic OH excluding ortho intramolecular Hbond substituents is 2. The third-order valence-electron chi connectivity index (χ3n) is 1.74. The minimum absolute atomic E-state index is 0.0337. The Morgan fingerprint density at radius 3 is 2.79 bits per heavy atom. The molecule has 1 aromatic rings. The molecule has 1 rings (SSSR count). The minimum atomic E-state index is -0.423. The number of hydrogen-bond acceptors (Lipinski definition) is 4. The highest BCUT2D eigenvalue weighted by Gasteiger charge is 2.10. The van der Waals surface area contributed by atoms with Gasteiger partial charge in [0.15, 0.2) is 11.5 Å². The Balaban J connectivity index is 2.76. The summed E-state index contributed by atoms with van der Waals surface area (Å²) in [4.78, 5) is 11.1. The Hall–Kier alpha value is -1.71. The summed E-state index contributed by atoms with van der Waals surface area (Å²) >= 11 is 0. The van der Waals surface area contributed by atoms with Crippen molar-refractivity contribution in [3.8, 4) is 11.5 Å². The van der Waals surface area contributed by atoms with Gasteiger partial charge in [0, 0.05) is 5.56 Å². The predicted molar refractivity (Wildman–Crippen MR) is 50.1 cm³/mol. The number of phenols is 2. The molecule has 4 nitrogen and oxygen atoms in total. The number of para-hydroxylation sites is 1. The van der Waals surface area contributed by atoms with E-state index in [4.69, 9.17) is 9.84 Å². The Kier molecular flexibility index (Phi) is 3.34. The van der Waals surface area contributed by atoms with Crippen LogP contribution in [0.1, 0.15) is 12.5 Å². The van der Waals surface area contributed by atoms with E-state index in [1.54, 1.807) is 19.1 Å². The summed E-state index contributed by atoms with van der Waals surface area (Å²) in [5.74, 6) is -0.916. The Labute approximate surface area is 81.8 Å². The molecule has 0 saturated carbocycles. The van der Waals surface area contributed by atoms with Crippen LogP contribution in [0, 0.1) is 0 Å². The van der Waals surface area contributed by atoms with E-state index in [-0.39, 0.29) is 17.9 Å². The molecule has 0 unspecified atom stereocenters. The Bertz CT molecular complexity index is 333. The number of hydrogen-bond donors (Lipinski definition) is 2. The lowest BCUT2D eigenvalue weighted by molar-refractivity contribution is -0.142. The van der Waals surface area contributed by atoms with Crippen molar-refractivity contribution in [2.24, 2.45) is 0 Å². The van der Waals surface area contributed by atoms with Crippen molar-refractivity contribution in [1.29, 1.82) is 0 Å². The Morgan fingerprint density at radius 1 is 1.43 bits per heavy atom. The molecule has 0 saturated heterocycles. The second kappa shape index (κ2) is 4.50. The summed E-state index contributed by atoms with van der Waals surface area (Å²) in [6.07, 6.45) is -0.0337. The lowest BCUT2D eigenvalue weighted by atomic mass is 10.1. The first kappa shape index (κ1) is 10.4. The van der Waals surface area contributed by atoms with Crippen LogP contribution in [0.25, 0.3) is 0 Å². The molecule has 0 aliphatic carbocycles. The molecule has 4 heteroatoms. The number of ether oxygens (including phenoxy) is 1. The predicted octanol–water partition coefficient (Wildman–Crippen LogP) is 1.20. The van der Waals surface area contributed by atoms with Gasteiger partial charge in [0.25, 0.3) is 0 Å². The molecule has 0 amide bonds. The van der Waals surface area contributed by atoms with Crippen LogP contribution < -0.4 is 0 Å². The van der Waals surface area contributed by atoms with Gasteiger partial charge in [-0.05, 0) is 13.0 Å². The second-order valence-corrected chi connectivity index (χ2v) is 2.77. The van der Waals surface area contributed by atoms with Crippen molar-refractivity contribution in [2.75, 3.05) is 6.61 Å². The van der Waals surface area contributed by atoms with Crippen LogP contribution in [0.2, 0.25) is 0 Å². The van der Waals surface area contributed by atoms with Gasteiger partial charge in [-0.15, -0.1) is 0 Å². The zero-order valence-corrected chi connectivity index (χ0v) is 7.86. The van der Waals surface area contributed by atoms with Crippen molar-refractivity contribution in [1.82, 2.24) is 0 Å². The lowest BCUT2D eigenvalue weighted by Crippen LogP contribution is -2.07. The first-order valence-electron chi connectivity index (χ1n) is 4.30. The lowest BCUT2D eigenvalue weighted by Gasteiger charge is -2.05. The third kappa shape index (κ3) is 2.39. The fourth-order valence-electron chi connectivity index (χ4n) is 1.09. The smallest absolute Gasteiger partial charge is 0.310 e. The largest absolute Gasteiger partial charge is 0.504 e. The van der Waals surface area contributed by atoms with Gasteiger partial charge in [0.05, 0.1) is 13.0 Å². The van der Waals surface area contributed by atoms with Gasteiger partial charge < -0.3 is 14.9 Å². The van der Waals surface area contributed by atoms with E-state index < -0.39 is 5.97 Å². The number of aromatic hydroxyl groups is 2. The molecule has 76 valence electrons. The van der Waals surface area contributed by atoms with Gasteiger partial charge in [-0.2, -0.15) is 0 Å². The van der Waals surface area contributed by atoms with Crippen LogP contribution in [0.5, 0.6) is 11.5 Å². The third-order valence-corrected chi connectivity index (χ3v) is 1.74. The quantitative estimate of drug-likeness (QED) is 0.563. The van der Waals surface area contributed by atoms with Crippen molar-refractivity contribution >= 4 is 5.97 Å². The van der Waals surface area contributed by atoms with Gasteiger partial charge in [-0.3, -0.25) is 4.79 Å². The van der Waals surface area contributed by atoms with Crippen LogP contribution in [-0.4, -0.2) is 22.8 Å². The van der Waals surface area contributed by atoms with E-state index in [9.17, 15) is 9.90 Å². The number of carbonyl (C=O) groups is 1. The van der Waals surface area contributed by atoms with E-state index in [2.05, 4.69) is 0 Å². The number of esters is 1. The monoisotopic (exact) mass is 196 g/mol. The summed E-state index contributed by atoms with van der Waals surface area (Å²) < 4.78 is 4.71. The highest BCUT2D eigenvalue weighted by Crippen LogP contribution is 2.28. The van der Waals surface area contributed by atoms with Crippen LogP contribution >= 0.6 is 0 Å². The SMILES string of the molecule is CCOC(=O)Cc1cccc(O)c1O. The molecule has 14 heavy (non-hydrogen) atoms. The molecule has 0 spiro atoms. The first-order valence-corrected chi connectivity index (χ1v) is 4.30. The van der Waals surface area contributed by atoms with Gasteiger partial charge in [-0.1, -0.05) is 12.1 Å². The molecule has 0 radical (unpaired) electrons. The van der Waals surface area contributed by atoms with Crippen molar-refractivity contribution in [3.63, 3.8) is 0 Å². The molecule has 0 atom stereocenters. The molecule has 0 fully saturated rings. The van der Waals surface area contributed by atoms with E-state index in [1.807, 2.05) is 0 Å². The van der Waals surface area contributed by atoms with Gasteiger partial charge in [0.2, 0.25) is 0 Å². The molecule has 1 aromatic carbocycles. The average Bonchev–Trinajstić information content (AvgIpc) is 2.13. The van der Waals surface area contributed by atoms with Crippen molar-refractivity contribution in [3.05, 3.63) is 23.8 Å². The normalized spacial score (nSPS) is 9.79. The van der Waals surface area contributed by atoms with Crippen molar-refractivity contribution in [2.45, 2.75) is 13.3 Å². The topological polar surface area (TPSA) is 66.8 Å². The molecule has 0 aromatic heterocycles. The van der Waals surface area contributed by atoms with Crippen LogP contribution in [-0.2, 0) is 16.0 Å². The van der Waals surface area contributed by atoms with E-state index in [1.165, 1.54) is 6.07 Å². The maximum atomic E-state index is 11.1. The van der Waals surface area contributed by atoms with Gasteiger partial charge in [0.1, 0.15) is 0 Å². The maximum Gasteiger partial charge on any atom is 0.310 e. The summed E-state index contributed by atoms with van der Waals surface area (Å²) in [5, 5.41) is 18.5. The summed E-state index contributed by atoms with van der Waals surface area (Å²) in [6, 6.07) is 4.47. The zero-order valence-electron chi connectivity index (χ0n) is 7.86. The number of carbonyl (C=O) groups excluding carboxylic acids is 1. The summed E-state index contributed by atoms with van der Waals surface area (Å²) in [7, 11) is 0. The zero-order chi connectivity index (χ0) is 10.6. The highest BCUT2D eigenvalue weighted by atomic mass is 16.5. The standard InChI is InChI=1S/C10H12O4/c1-2-14-9(12)6-7-4-3-5-8(11)10(7)13/h3-5,11,13H,2,6H2,1H3. The fraction of sp³-hybridized carbons (Fsp3) is 0.300. The molecule has 0 heterocycles. The molecule has 2 N–H and O–H groups in total. The van der Waals surface area contributed by atoms with Crippen LogP contribution in [0.4, 0.5) is 0 Å². The second-order valence-electron chi connectivity index (χ2n) is 2.77. The van der Waals surface area contributed by atoms with E-state index in [0.717, 1.165) is 0 Å². The average molecular weight is 196 g/mol. The van der Waals surface area contributed by atoms with Crippen LogP contribution in [0.3, 0.4) is 0 Å². The molecular formula is C10H12O4. The molecule has 0 aliphatic heterocycles. The molecular weight excluding hydrogens is 184 g/mol. The van der Waals surface area contributed by atoms with Crippen LogP contribution in [0.15, 0.2) is 18.2 Å². The van der Waals surface area contributed by atoms with Gasteiger partial charge >= 0.3 is 5.97 Å².